The van der Waals surface area contributed by atoms with Gasteiger partial charge in [0.2, 0.25) is 0 Å². The molecule has 0 aliphatic heterocycles. The molecule has 0 bridgehead atoms. The van der Waals surface area contributed by atoms with E-state index in [4.69, 9.17) is 0 Å². The van der Waals surface area contributed by atoms with Crippen molar-refractivity contribution < 1.29 is 4.79 Å². The van der Waals surface area contributed by atoms with Crippen LogP contribution in [0, 0.1) is 0 Å². The van der Waals surface area contributed by atoms with Crippen molar-refractivity contribution in [1.82, 2.24) is 25.2 Å². The van der Waals surface area contributed by atoms with Crippen LogP contribution >= 0.6 is 0 Å². The van der Waals surface area contributed by atoms with E-state index in [0.29, 0.717) is 19.5 Å². The zero-order chi connectivity index (χ0) is 19.9. The molecule has 3 N–H and O–H groups in total. The van der Waals surface area contributed by atoms with Gasteiger partial charge in [-0.05, 0) is 23.6 Å². The number of H-pyrrole nitrogens is 1. The second-order valence-electron chi connectivity index (χ2n) is 7.00. The summed E-state index contributed by atoms with van der Waals surface area (Å²) in [5.74, 6) is 0.966. The number of hydrogen-bond acceptors (Lipinski definition) is 2. The molecule has 0 saturated heterocycles. The van der Waals surface area contributed by atoms with Gasteiger partial charge in [-0.2, -0.15) is 0 Å². The molecule has 2 heterocycles. The lowest BCUT2D eigenvalue weighted by Gasteiger charge is -2.10. The second-order valence-corrected chi connectivity index (χ2v) is 7.00. The maximum Gasteiger partial charge on any atom is 0.314 e. The largest absolute Gasteiger partial charge is 0.361 e. The number of para-hydroxylation sites is 1. The van der Waals surface area contributed by atoms with E-state index in [1.54, 1.807) is 6.20 Å². The third-order valence-electron chi connectivity index (χ3n) is 4.99. The number of fused-ring (bicyclic) bond motifs is 1. The summed E-state index contributed by atoms with van der Waals surface area (Å²) < 4.78 is 2.12. The molecule has 2 aromatic carbocycles. The summed E-state index contributed by atoms with van der Waals surface area (Å²) in [5.41, 5.74) is 3.57. The normalized spacial score (nSPS) is 10.9. The van der Waals surface area contributed by atoms with Gasteiger partial charge in [0, 0.05) is 55.5 Å². The van der Waals surface area contributed by atoms with E-state index in [9.17, 15) is 4.79 Å². The van der Waals surface area contributed by atoms with Crippen LogP contribution in [0.15, 0.2) is 73.2 Å². The van der Waals surface area contributed by atoms with Gasteiger partial charge < -0.3 is 20.2 Å². The van der Waals surface area contributed by atoms with Gasteiger partial charge >= 0.3 is 6.03 Å². The SMILES string of the molecule is O=C(NCCc1c[nH]c2ccccc12)NCCc1nccn1Cc1ccccc1. The number of amides is 2. The lowest BCUT2D eigenvalue weighted by atomic mass is 10.1. The summed E-state index contributed by atoms with van der Waals surface area (Å²) in [4.78, 5) is 19.8. The quantitative estimate of drug-likeness (QED) is 0.433. The second kappa shape index (κ2) is 9.10. The molecule has 0 aliphatic carbocycles. The zero-order valence-corrected chi connectivity index (χ0v) is 16.3. The summed E-state index contributed by atoms with van der Waals surface area (Å²) >= 11 is 0. The van der Waals surface area contributed by atoms with E-state index >= 15 is 0 Å². The molecular formula is C23H25N5O. The summed E-state index contributed by atoms with van der Waals surface area (Å²) in [6.07, 6.45) is 7.27. The van der Waals surface area contributed by atoms with Gasteiger partial charge in [-0.25, -0.2) is 9.78 Å². The molecule has 2 aromatic heterocycles. The predicted molar refractivity (Wildman–Crippen MR) is 115 cm³/mol. The molecule has 4 aromatic rings. The Morgan fingerprint density at radius 3 is 2.59 bits per heavy atom. The Bertz CT molecular complexity index is 1070. The van der Waals surface area contributed by atoms with E-state index < -0.39 is 0 Å². The zero-order valence-electron chi connectivity index (χ0n) is 16.3. The predicted octanol–water partition coefficient (Wildman–Crippen LogP) is 3.50. The van der Waals surface area contributed by atoms with Crippen LogP contribution < -0.4 is 10.6 Å². The first-order valence-corrected chi connectivity index (χ1v) is 9.90. The maximum absolute atomic E-state index is 12.1. The fourth-order valence-electron chi connectivity index (χ4n) is 3.49. The lowest BCUT2D eigenvalue weighted by molar-refractivity contribution is 0.241. The first-order chi connectivity index (χ1) is 14.3. The number of rotatable bonds is 8. The molecule has 4 rings (SSSR count). The lowest BCUT2D eigenvalue weighted by Crippen LogP contribution is -2.37. The monoisotopic (exact) mass is 387 g/mol. The summed E-state index contributed by atoms with van der Waals surface area (Å²) in [6, 6.07) is 18.3. The van der Waals surface area contributed by atoms with Crippen molar-refractivity contribution in [2.75, 3.05) is 13.1 Å². The van der Waals surface area contributed by atoms with Crippen molar-refractivity contribution in [3.05, 3.63) is 90.1 Å². The molecule has 0 fully saturated rings. The Morgan fingerprint density at radius 2 is 1.72 bits per heavy atom. The highest BCUT2D eigenvalue weighted by atomic mass is 16.2. The average molecular weight is 387 g/mol. The maximum atomic E-state index is 12.1. The third-order valence-corrected chi connectivity index (χ3v) is 4.99. The highest BCUT2D eigenvalue weighted by Gasteiger charge is 2.06. The number of benzene rings is 2. The molecule has 2 amide bonds. The van der Waals surface area contributed by atoms with Crippen LogP contribution in [-0.2, 0) is 19.4 Å². The van der Waals surface area contributed by atoms with E-state index in [1.807, 2.05) is 42.7 Å². The first kappa shape index (κ1) is 18.8. The van der Waals surface area contributed by atoms with Crippen molar-refractivity contribution >= 4 is 16.9 Å². The van der Waals surface area contributed by atoms with Crippen LogP contribution in [0.25, 0.3) is 10.9 Å². The Labute approximate surface area is 170 Å². The highest BCUT2D eigenvalue weighted by Crippen LogP contribution is 2.17. The van der Waals surface area contributed by atoms with Crippen LogP contribution in [0.1, 0.15) is 17.0 Å². The molecule has 0 atom stereocenters. The number of nitrogens with one attached hydrogen (secondary N) is 3. The van der Waals surface area contributed by atoms with Crippen LogP contribution in [-0.4, -0.2) is 33.7 Å². The Hall–Kier alpha value is -3.54. The van der Waals surface area contributed by atoms with Crippen LogP contribution in [0.3, 0.4) is 0 Å². The number of aromatic nitrogens is 3. The number of hydrogen-bond donors (Lipinski definition) is 3. The minimum absolute atomic E-state index is 0.147. The van der Waals surface area contributed by atoms with Gasteiger partial charge in [-0.3, -0.25) is 0 Å². The Morgan fingerprint density at radius 1 is 0.966 bits per heavy atom. The van der Waals surface area contributed by atoms with Crippen molar-refractivity contribution in [2.45, 2.75) is 19.4 Å². The molecule has 148 valence electrons. The van der Waals surface area contributed by atoms with E-state index in [0.717, 1.165) is 24.3 Å². The molecule has 6 nitrogen and oxygen atoms in total. The minimum Gasteiger partial charge on any atom is -0.361 e. The van der Waals surface area contributed by atoms with Gasteiger partial charge in [0.25, 0.3) is 0 Å². The molecule has 0 spiro atoms. The number of aromatic amines is 1. The smallest absolute Gasteiger partial charge is 0.314 e. The van der Waals surface area contributed by atoms with Crippen molar-refractivity contribution in [3.63, 3.8) is 0 Å². The van der Waals surface area contributed by atoms with Crippen LogP contribution in [0.4, 0.5) is 4.79 Å². The third kappa shape index (κ3) is 4.85. The number of carbonyl (C=O) groups excluding carboxylic acids is 1. The first-order valence-electron chi connectivity index (χ1n) is 9.90. The topological polar surface area (TPSA) is 74.7 Å². The number of urea groups is 1. The van der Waals surface area contributed by atoms with Crippen molar-refractivity contribution in [2.24, 2.45) is 0 Å². The van der Waals surface area contributed by atoms with Gasteiger partial charge in [0.15, 0.2) is 0 Å². The van der Waals surface area contributed by atoms with Gasteiger partial charge in [0.05, 0.1) is 0 Å². The molecular weight excluding hydrogens is 362 g/mol. The van der Waals surface area contributed by atoms with Gasteiger partial charge in [-0.15, -0.1) is 0 Å². The Kier molecular flexibility index (Phi) is 5.90. The van der Waals surface area contributed by atoms with Crippen molar-refractivity contribution in [1.29, 1.82) is 0 Å². The molecule has 29 heavy (non-hydrogen) atoms. The minimum atomic E-state index is -0.147. The van der Waals surface area contributed by atoms with Gasteiger partial charge in [0.1, 0.15) is 5.82 Å². The number of imidazole rings is 1. The van der Waals surface area contributed by atoms with Gasteiger partial charge in [-0.1, -0.05) is 48.5 Å². The number of carbonyl (C=O) groups is 1. The summed E-state index contributed by atoms with van der Waals surface area (Å²) in [5, 5.41) is 7.06. The van der Waals surface area contributed by atoms with E-state index in [-0.39, 0.29) is 6.03 Å². The summed E-state index contributed by atoms with van der Waals surface area (Å²) in [7, 11) is 0. The van der Waals surface area contributed by atoms with Crippen molar-refractivity contribution in [3.8, 4) is 0 Å². The standard InChI is InChI=1S/C23H25N5O/c29-23(25-12-10-19-16-27-21-9-5-4-8-20(19)21)26-13-11-22-24-14-15-28(22)17-18-6-2-1-3-7-18/h1-9,14-16,27H,10-13,17H2,(H2,25,26,29). The van der Waals surface area contributed by atoms with E-state index in [2.05, 4.69) is 49.4 Å². The Balaban J connectivity index is 1.20. The molecule has 0 unspecified atom stereocenters. The fourth-order valence-corrected chi connectivity index (χ4v) is 3.49. The molecule has 0 radical (unpaired) electrons. The number of nitrogens with zero attached hydrogens (tertiary/aromatic N) is 2. The molecule has 6 heteroatoms. The van der Waals surface area contributed by atoms with Crippen LogP contribution in [0.2, 0.25) is 0 Å². The molecule has 0 saturated carbocycles. The molecule has 0 aliphatic rings. The highest BCUT2D eigenvalue weighted by molar-refractivity contribution is 5.83. The fraction of sp³-hybridized carbons (Fsp3) is 0.217. The van der Waals surface area contributed by atoms with E-state index in [1.165, 1.54) is 16.5 Å². The summed E-state index contributed by atoms with van der Waals surface area (Å²) in [6.45, 7) is 1.92. The van der Waals surface area contributed by atoms with Crippen LogP contribution in [0.5, 0.6) is 0 Å². The average Bonchev–Trinajstić information content (AvgIpc) is 3.36.